The van der Waals surface area contributed by atoms with E-state index in [-0.39, 0.29) is 0 Å². The van der Waals surface area contributed by atoms with Crippen molar-refractivity contribution in [2.45, 2.75) is 38.3 Å². The molecule has 0 amide bonds. The van der Waals surface area contributed by atoms with Gasteiger partial charge >= 0.3 is 0 Å². The molecule has 3 heteroatoms. The van der Waals surface area contributed by atoms with Crippen LogP contribution in [0.25, 0.3) is 0 Å². The van der Waals surface area contributed by atoms with Crippen molar-refractivity contribution in [1.82, 2.24) is 10.2 Å². The second-order valence-corrected chi connectivity index (χ2v) is 5.50. The summed E-state index contributed by atoms with van der Waals surface area (Å²) in [6, 6.07) is 9.46. The molecule has 2 rings (SSSR count). The molecule has 106 valence electrons. The molecule has 1 saturated heterocycles. The molecule has 0 saturated carbocycles. The second-order valence-electron chi connectivity index (χ2n) is 5.50. The van der Waals surface area contributed by atoms with Crippen LogP contribution in [0.15, 0.2) is 24.3 Å². The average Bonchev–Trinajstić information content (AvgIpc) is 2.84. The highest BCUT2D eigenvalue weighted by molar-refractivity contribution is 5.30. The van der Waals surface area contributed by atoms with Crippen LogP contribution in [-0.4, -0.2) is 38.2 Å². The molecule has 1 fully saturated rings. The van der Waals surface area contributed by atoms with E-state index in [1.807, 2.05) is 13.1 Å². The summed E-state index contributed by atoms with van der Waals surface area (Å²) in [5.41, 5.74) is 1.28. The molecular weight excluding hydrogens is 236 g/mol. The summed E-state index contributed by atoms with van der Waals surface area (Å²) >= 11 is 0. The maximum atomic E-state index is 5.90. The molecule has 2 unspecified atom stereocenters. The van der Waals surface area contributed by atoms with Gasteiger partial charge in [0.15, 0.2) is 0 Å². The summed E-state index contributed by atoms with van der Waals surface area (Å²) in [6.07, 6.45) is 3.77. The van der Waals surface area contributed by atoms with Crippen LogP contribution >= 0.6 is 0 Å². The summed E-state index contributed by atoms with van der Waals surface area (Å²) in [5, 5.41) is 3.25. The van der Waals surface area contributed by atoms with Gasteiger partial charge in [-0.3, -0.25) is 0 Å². The number of ether oxygens (including phenoxy) is 1. The van der Waals surface area contributed by atoms with E-state index in [4.69, 9.17) is 4.74 Å². The highest BCUT2D eigenvalue weighted by atomic mass is 16.5. The maximum absolute atomic E-state index is 5.90. The Kier molecular flexibility index (Phi) is 5.23. The van der Waals surface area contributed by atoms with Crippen molar-refractivity contribution in [3.8, 4) is 5.75 Å². The predicted octanol–water partition coefficient (Wildman–Crippen LogP) is 2.83. The van der Waals surface area contributed by atoms with Crippen LogP contribution in [-0.2, 0) is 0 Å². The smallest absolute Gasteiger partial charge is 0.119 e. The monoisotopic (exact) mass is 262 g/mol. The van der Waals surface area contributed by atoms with Crippen LogP contribution in [0.5, 0.6) is 5.75 Å². The number of hydrogen-bond donors (Lipinski definition) is 1. The number of likely N-dealkylation sites (tertiary alicyclic amines) is 1. The molecule has 0 aliphatic carbocycles. The highest BCUT2D eigenvalue weighted by Gasteiger charge is 2.20. The van der Waals surface area contributed by atoms with Gasteiger partial charge in [0.05, 0.1) is 6.61 Å². The lowest BCUT2D eigenvalue weighted by Gasteiger charge is -2.19. The van der Waals surface area contributed by atoms with Gasteiger partial charge in [0.2, 0.25) is 0 Å². The molecular formula is C16H26N2O. The Balaban J connectivity index is 1.82. The first-order valence-electron chi connectivity index (χ1n) is 7.31. The fourth-order valence-electron chi connectivity index (χ4n) is 2.70. The van der Waals surface area contributed by atoms with E-state index in [2.05, 4.69) is 42.4 Å². The first-order chi connectivity index (χ1) is 9.20. The molecule has 0 aromatic heterocycles. The van der Waals surface area contributed by atoms with Gasteiger partial charge < -0.3 is 15.0 Å². The fraction of sp³-hybridized carbons (Fsp3) is 0.625. The largest absolute Gasteiger partial charge is 0.494 e. The summed E-state index contributed by atoms with van der Waals surface area (Å²) in [4.78, 5) is 2.45. The van der Waals surface area contributed by atoms with Gasteiger partial charge in [0, 0.05) is 12.1 Å². The van der Waals surface area contributed by atoms with Gasteiger partial charge in [-0.15, -0.1) is 0 Å². The van der Waals surface area contributed by atoms with Crippen LogP contribution in [0.4, 0.5) is 0 Å². The first kappa shape index (κ1) is 14.4. The van der Waals surface area contributed by atoms with Gasteiger partial charge in [-0.05, 0) is 64.5 Å². The van der Waals surface area contributed by atoms with Crippen LogP contribution < -0.4 is 10.1 Å². The Hall–Kier alpha value is -1.06. The Morgan fingerprint density at radius 1 is 1.47 bits per heavy atom. The third kappa shape index (κ3) is 3.95. The van der Waals surface area contributed by atoms with Gasteiger partial charge in [-0.25, -0.2) is 0 Å². The topological polar surface area (TPSA) is 24.5 Å². The predicted molar refractivity (Wildman–Crippen MR) is 79.7 cm³/mol. The number of rotatable bonds is 6. The summed E-state index contributed by atoms with van der Waals surface area (Å²) in [7, 11) is 4.20. The molecule has 2 atom stereocenters. The Morgan fingerprint density at radius 3 is 3.00 bits per heavy atom. The summed E-state index contributed by atoms with van der Waals surface area (Å²) in [5.74, 6) is 0.986. The number of nitrogens with one attached hydrogen (secondary N) is 1. The zero-order valence-corrected chi connectivity index (χ0v) is 12.4. The van der Waals surface area contributed by atoms with E-state index in [1.165, 1.54) is 24.9 Å². The van der Waals surface area contributed by atoms with E-state index in [0.29, 0.717) is 12.1 Å². The quantitative estimate of drug-likeness (QED) is 0.853. The first-order valence-corrected chi connectivity index (χ1v) is 7.31. The van der Waals surface area contributed by atoms with Crippen molar-refractivity contribution in [1.29, 1.82) is 0 Å². The number of benzene rings is 1. The zero-order valence-electron chi connectivity index (χ0n) is 12.4. The van der Waals surface area contributed by atoms with E-state index in [1.54, 1.807) is 0 Å². The number of nitrogens with zero attached hydrogens (tertiary/aromatic N) is 1. The van der Waals surface area contributed by atoms with E-state index in [9.17, 15) is 0 Å². The van der Waals surface area contributed by atoms with Crippen LogP contribution in [0.1, 0.15) is 37.8 Å². The van der Waals surface area contributed by atoms with Crippen LogP contribution in [0, 0.1) is 0 Å². The van der Waals surface area contributed by atoms with Crippen molar-refractivity contribution in [2.75, 3.05) is 27.2 Å². The summed E-state index contributed by atoms with van der Waals surface area (Å²) < 4.78 is 5.90. The highest BCUT2D eigenvalue weighted by Crippen LogP contribution is 2.21. The van der Waals surface area contributed by atoms with E-state index < -0.39 is 0 Å². The number of hydrogen-bond acceptors (Lipinski definition) is 3. The molecule has 1 heterocycles. The molecule has 19 heavy (non-hydrogen) atoms. The zero-order chi connectivity index (χ0) is 13.7. The molecule has 1 N–H and O–H groups in total. The van der Waals surface area contributed by atoms with E-state index >= 15 is 0 Å². The van der Waals surface area contributed by atoms with Crippen LogP contribution in [0.3, 0.4) is 0 Å². The normalized spacial score (nSPS) is 21.5. The molecule has 1 aromatic carbocycles. The fourth-order valence-corrected chi connectivity index (χ4v) is 2.70. The maximum Gasteiger partial charge on any atom is 0.119 e. The van der Waals surface area contributed by atoms with Crippen molar-refractivity contribution in [3.63, 3.8) is 0 Å². The second kappa shape index (κ2) is 6.92. The van der Waals surface area contributed by atoms with Crippen molar-refractivity contribution < 1.29 is 4.74 Å². The average molecular weight is 262 g/mol. The van der Waals surface area contributed by atoms with E-state index in [0.717, 1.165) is 18.8 Å². The van der Waals surface area contributed by atoms with Crippen LogP contribution in [0.2, 0.25) is 0 Å². The lowest BCUT2D eigenvalue weighted by Crippen LogP contribution is -2.26. The minimum atomic E-state index is 0.365. The third-order valence-electron chi connectivity index (χ3n) is 4.18. The van der Waals surface area contributed by atoms with Gasteiger partial charge in [-0.2, -0.15) is 0 Å². The Morgan fingerprint density at radius 2 is 2.32 bits per heavy atom. The van der Waals surface area contributed by atoms with Crippen molar-refractivity contribution in [2.24, 2.45) is 0 Å². The molecule has 1 aliphatic rings. The lowest BCUT2D eigenvalue weighted by atomic mass is 10.1. The minimum absolute atomic E-state index is 0.365. The van der Waals surface area contributed by atoms with Gasteiger partial charge in [0.1, 0.15) is 5.75 Å². The minimum Gasteiger partial charge on any atom is -0.494 e. The molecule has 0 radical (unpaired) electrons. The molecule has 1 aromatic rings. The molecule has 0 spiro atoms. The van der Waals surface area contributed by atoms with Gasteiger partial charge in [-0.1, -0.05) is 12.1 Å². The van der Waals surface area contributed by atoms with Gasteiger partial charge in [0.25, 0.3) is 0 Å². The van der Waals surface area contributed by atoms with Crippen molar-refractivity contribution in [3.05, 3.63) is 29.8 Å². The molecule has 1 aliphatic heterocycles. The lowest BCUT2D eigenvalue weighted by molar-refractivity contribution is 0.233. The molecule has 3 nitrogen and oxygen atoms in total. The Bertz CT molecular complexity index is 394. The summed E-state index contributed by atoms with van der Waals surface area (Å²) in [6.45, 7) is 4.21. The standard InChI is InChI=1S/C16H26N2O/c1-13(17-2)14-6-4-8-16(12-14)19-11-9-15-7-5-10-18(15)3/h4,6,8,12-13,15,17H,5,7,9-11H2,1-3H3. The Labute approximate surface area is 116 Å². The molecule has 0 bridgehead atoms. The van der Waals surface area contributed by atoms with Crippen molar-refractivity contribution >= 4 is 0 Å². The SMILES string of the molecule is CNC(C)c1cccc(OCCC2CCCN2C)c1. The third-order valence-corrected chi connectivity index (χ3v) is 4.18.